The first kappa shape index (κ1) is 14.9. The molecule has 2 aliphatic rings. The third kappa shape index (κ3) is 4.85. The van der Waals surface area contributed by atoms with Gasteiger partial charge in [0.05, 0.1) is 12.4 Å². The average Bonchev–Trinajstić information content (AvgIpc) is 2.45. The molecule has 0 aromatic carbocycles. The van der Waals surface area contributed by atoms with Gasteiger partial charge in [-0.2, -0.15) is 0 Å². The van der Waals surface area contributed by atoms with Crippen LogP contribution in [0.25, 0.3) is 0 Å². The van der Waals surface area contributed by atoms with Crippen molar-refractivity contribution in [3.05, 3.63) is 12.3 Å². The summed E-state index contributed by atoms with van der Waals surface area (Å²) in [5.74, 6) is 2.93. The van der Waals surface area contributed by atoms with Crippen LogP contribution in [0.5, 0.6) is 0 Å². The Morgan fingerprint density at radius 3 is 2.53 bits per heavy atom. The number of hydrogen-bond acceptors (Lipinski definition) is 1. The summed E-state index contributed by atoms with van der Waals surface area (Å²) in [4.78, 5) is 0. The first-order valence-electron chi connectivity index (χ1n) is 8.60. The van der Waals surface area contributed by atoms with Crippen molar-refractivity contribution in [2.75, 3.05) is 0 Å². The lowest BCUT2D eigenvalue weighted by Gasteiger charge is -2.37. The smallest absolute Gasteiger partial charge is 0.0981 e. The molecule has 2 atom stereocenters. The second kappa shape index (κ2) is 7.97. The molecule has 0 aromatic rings. The molecular weight excluding hydrogens is 232 g/mol. The van der Waals surface area contributed by atoms with Crippen LogP contribution in [-0.4, -0.2) is 6.10 Å². The molecule has 1 nitrogen and oxygen atoms in total. The van der Waals surface area contributed by atoms with E-state index in [1.807, 2.05) is 6.26 Å². The Labute approximate surface area is 119 Å². The summed E-state index contributed by atoms with van der Waals surface area (Å²) in [6, 6.07) is 0. The van der Waals surface area contributed by atoms with Gasteiger partial charge in [-0.1, -0.05) is 33.1 Å². The summed E-state index contributed by atoms with van der Waals surface area (Å²) < 4.78 is 5.95. The number of hydrogen-bond donors (Lipinski definition) is 0. The molecule has 0 amide bonds. The molecule has 0 radical (unpaired) electrons. The van der Waals surface area contributed by atoms with Gasteiger partial charge in [0.2, 0.25) is 0 Å². The van der Waals surface area contributed by atoms with E-state index in [1.165, 1.54) is 57.8 Å². The second-order valence-corrected chi connectivity index (χ2v) is 6.87. The van der Waals surface area contributed by atoms with Gasteiger partial charge < -0.3 is 4.74 Å². The minimum Gasteiger partial charge on any atom is -0.498 e. The molecule has 2 aliphatic carbocycles. The van der Waals surface area contributed by atoms with Gasteiger partial charge >= 0.3 is 0 Å². The SMILES string of the molecule is CCCC=CO[C@@H]1CCC[C@@H]([C@H]2CC[C@H](C)CC2)C1. The van der Waals surface area contributed by atoms with Crippen molar-refractivity contribution in [3.8, 4) is 0 Å². The molecule has 0 heterocycles. The van der Waals surface area contributed by atoms with Crippen molar-refractivity contribution in [2.24, 2.45) is 17.8 Å². The Hall–Kier alpha value is -0.460. The van der Waals surface area contributed by atoms with E-state index < -0.39 is 0 Å². The highest BCUT2D eigenvalue weighted by molar-refractivity contribution is 4.83. The quantitative estimate of drug-likeness (QED) is 0.579. The van der Waals surface area contributed by atoms with Crippen LogP contribution in [0.15, 0.2) is 12.3 Å². The molecule has 2 fully saturated rings. The van der Waals surface area contributed by atoms with E-state index in [-0.39, 0.29) is 0 Å². The predicted octanol–water partition coefficient (Wildman–Crippen LogP) is 5.70. The number of rotatable bonds is 5. The van der Waals surface area contributed by atoms with Crippen LogP contribution < -0.4 is 0 Å². The first-order valence-corrected chi connectivity index (χ1v) is 8.60. The monoisotopic (exact) mass is 264 g/mol. The normalized spacial score (nSPS) is 36.5. The summed E-state index contributed by atoms with van der Waals surface area (Å²) in [6.45, 7) is 4.63. The minimum absolute atomic E-state index is 0.506. The van der Waals surface area contributed by atoms with Gasteiger partial charge in [-0.25, -0.2) is 0 Å². The molecular formula is C18H32O. The molecule has 19 heavy (non-hydrogen) atoms. The molecule has 0 bridgehead atoms. The predicted molar refractivity (Wildman–Crippen MR) is 82.0 cm³/mol. The molecule has 0 spiro atoms. The van der Waals surface area contributed by atoms with Gasteiger partial charge in [0.15, 0.2) is 0 Å². The van der Waals surface area contributed by atoms with Gasteiger partial charge in [-0.15, -0.1) is 0 Å². The largest absolute Gasteiger partial charge is 0.498 e. The van der Waals surface area contributed by atoms with Crippen molar-refractivity contribution in [3.63, 3.8) is 0 Å². The molecule has 0 N–H and O–H groups in total. The molecule has 110 valence electrons. The highest BCUT2D eigenvalue weighted by Gasteiger charge is 2.30. The fourth-order valence-corrected chi connectivity index (χ4v) is 3.89. The van der Waals surface area contributed by atoms with Crippen LogP contribution in [0.4, 0.5) is 0 Å². The van der Waals surface area contributed by atoms with Crippen LogP contribution in [0.1, 0.15) is 78.1 Å². The maximum Gasteiger partial charge on any atom is 0.0981 e. The van der Waals surface area contributed by atoms with Crippen molar-refractivity contribution >= 4 is 0 Å². The Morgan fingerprint density at radius 2 is 1.79 bits per heavy atom. The maximum absolute atomic E-state index is 5.95. The van der Waals surface area contributed by atoms with Crippen LogP contribution in [-0.2, 0) is 4.74 Å². The summed E-state index contributed by atoms with van der Waals surface area (Å²) >= 11 is 0. The van der Waals surface area contributed by atoms with E-state index in [0.29, 0.717) is 6.10 Å². The zero-order valence-electron chi connectivity index (χ0n) is 12.9. The highest BCUT2D eigenvalue weighted by Crippen LogP contribution is 2.40. The van der Waals surface area contributed by atoms with Crippen LogP contribution in [0.2, 0.25) is 0 Å². The third-order valence-corrected chi connectivity index (χ3v) is 5.22. The highest BCUT2D eigenvalue weighted by atomic mass is 16.5. The van der Waals surface area contributed by atoms with Crippen LogP contribution in [0, 0.1) is 17.8 Å². The zero-order valence-corrected chi connectivity index (χ0v) is 12.9. The molecule has 0 unspecified atom stereocenters. The number of ether oxygens (including phenoxy) is 1. The van der Waals surface area contributed by atoms with E-state index in [9.17, 15) is 0 Å². The van der Waals surface area contributed by atoms with E-state index in [1.54, 1.807) is 0 Å². The lowest BCUT2D eigenvalue weighted by Crippen LogP contribution is -2.29. The molecule has 1 heteroatoms. The lowest BCUT2D eigenvalue weighted by atomic mass is 9.71. The van der Waals surface area contributed by atoms with E-state index in [2.05, 4.69) is 19.9 Å². The minimum atomic E-state index is 0.506. The summed E-state index contributed by atoms with van der Waals surface area (Å²) in [6.07, 6.45) is 18.3. The van der Waals surface area contributed by atoms with Gasteiger partial charge in [-0.05, 0) is 68.8 Å². The molecule has 0 aromatic heterocycles. The first-order chi connectivity index (χ1) is 9.29. The average molecular weight is 264 g/mol. The fraction of sp³-hybridized carbons (Fsp3) is 0.889. The van der Waals surface area contributed by atoms with Crippen molar-refractivity contribution in [1.29, 1.82) is 0 Å². The van der Waals surface area contributed by atoms with Gasteiger partial charge in [-0.3, -0.25) is 0 Å². The van der Waals surface area contributed by atoms with Crippen LogP contribution in [0.3, 0.4) is 0 Å². The lowest BCUT2D eigenvalue weighted by molar-refractivity contribution is 0.0523. The molecule has 2 rings (SSSR count). The van der Waals surface area contributed by atoms with Crippen molar-refractivity contribution in [1.82, 2.24) is 0 Å². The Morgan fingerprint density at radius 1 is 1.00 bits per heavy atom. The number of allylic oxidation sites excluding steroid dienone is 1. The van der Waals surface area contributed by atoms with E-state index in [4.69, 9.17) is 4.74 Å². The number of unbranched alkanes of at least 4 members (excludes halogenated alkanes) is 1. The molecule has 0 saturated heterocycles. The maximum atomic E-state index is 5.95. The van der Waals surface area contributed by atoms with Crippen molar-refractivity contribution in [2.45, 2.75) is 84.2 Å². The molecule has 0 aliphatic heterocycles. The second-order valence-electron chi connectivity index (χ2n) is 6.87. The summed E-state index contributed by atoms with van der Waals surface area (Å²) in [5.41, 5.74) is 0. The topological polar surface area (TPSA) is 9.23 Å². The summed E-state index contributed by atoms with van der Waals surface area (Å²) in [5, 5.41) is 0. The van der Waals surface area contributed by atoms with Crippen molar-refractivity contribution < 1.29 is 4.74 Å². The fourth-order valence-electron chi connectivity index (χ4n) is 3.89. The van der Waals surface area contributed by atoms with E-state index >= 15 is 0 Å². The summed E-state index contributed by atoms with van der Waals surface area (Å²) in [7, 11) is 0. The third-order valence-electron chi connectivity index (χ3n) is 5.22. The van der Waals surface area contributed by atoms with Gasteiger partial charge in [0.25, 0.3) is 0 Å². The Kier molecular flexibility index (Phi) is 6.26. The van der Waals surface area contributed by atoms with Crippen LogP contribution >= 0.6 is 0 Å². The van der Waals surface area contributed by atoms with Gasteiger partial charge in [0.1, 0.15) is 0 Å². The van der Waals surface area contributed by atoms with Gasteiger partial charge in [0, 0.05) is 0 Å². The van der Waals surface area contributed by atoms with E-state index in [0.717, 1.165) is 24.2 Å². The molecule has 2 saturated carbocycles. The zero-order chi connectivity index (χ0) is 13.5. The standard InChI is InChI=1S/C18H32O/c1-3-4-5-13-19-18-8-6-7-17(14-18)16-11-9-15(2)10-12-16/h5,13,15-18H,3-4,6-12,14H2,1-2H3/t15-,16-,17-,18-/m1/s1. The Balaban J connectivity index is 1.73. The Bertz CT molecular complexity index is 263.